The average Bonchev–Trinajstić information content (AvgIpc) is 2.67. The maximum Gasteiger partial charge on any atom is 0.388 e. The monoisotopic (exact) mass is 322 g/mol. The summed E-state index contributed by atoms with van der Waals surface area (Å²) < 4.78 is 30.1. The fourth-order valence-electron chi connectivity index (χ4n) is 1.66. The molecule has 2 rings (SSSR count). The normalized spacial score (nSPS) is 10.9. The van der Waals surface area contributed by atoms with Crippen molar-refractivity contribution in [2.45, 2.75) is 6.61 Å². The van der Waals surface area contributed by atoms with Crippen molar-refractivity contribution in [2.24, 2.45) is 12.9 Å². The second-order valence-electron chi connectivity index (χ2n) is 3.81. The zero-order valence-corrected chi connectivity index (χ0v) is 11.7. The number of nitrogens with one attached hydrogen (secondary N) is 1. The zero-order chi connectivity index (χ0) is 14.9. The minimum absolute atomic E-state index is 0.0157. The summed E-state index contributed by atoms with van der Waals surface area (Å²) in [4.78, 5) is 0. The van der Waals surface area contributed by atoms with Gasteiger partial charge in [0.15, 0.2) is 0 Å². The van der Waals surface area contributed by atoms with Gasteiger partial charge in [0.1, 0.15) is 10.7 Å². The highest BCUT2D eigenvalue weighted by Crippen LogP contribution is 2.37. The lowest BCUT2D eigenvalue weighted by Crippen LogP contribution is -2.07. The van der Waals surface area contributed by atoms with Gasteiger partial charge in [-0.15, -0.1) is 0 Å². The number of ether oxygens (including phenoxy) is 1. The number of halogens is 4. The van der Waals surface area contributed by atoms with Crippen molar-refractivity contribution >= 4 is 28.9 Å². The van der Waals surface area contributed by atoms with E-state index >= 15 is 0 Å². The van der Waals surface area contributed by atoms with Crippen molar-refractivity contribution < 1.29 is 13.5 Å². The number of aryl methyl sites for hydroxylation is 1. The Hall–Kier alpha value is -1.57. The smallest absolute Gasteiger partial charge is 0.388 e. The van der Waals surface area contributed by atoms with Crippen molar-refractivity contribution in [2.75, 3.05) is 5.43 Å². The molecular weight excluding hydrogens is 313 g/mol. The van der Waals surface area contributed by atoms with Crippen LogP contribution in [0.25, 0.3) is 11.3 Å². The highest BCUT2D eigenvalue weighted by Gasteiger charge is 2.20. The number of rotatable bonds is 4. The van der Waals surface area contributed by atoms with Crippen LogP contribution in [-0.4, -0.2) is 16.4 Å². The van der Waals surface area contributed by atoms with Gasteiger partial charge in [-0.25, -0.2) is 4.68 Å². The van der Waals surface area contributed by atoms with E-state index in [0.29, 0.717) is 16.3 Å². The number of alkyl halides is 2. The molecule has 0 unspecified atom stereocenters. The van der Waals surface area contributed by atoms with E-state index in [1.54, 1.807) is 18.2 Å². The molecule has 1 aromatic heterocycles. The minimum atomic E-state index is -2.98. The third-order valence-corrected chi connectivity index (χ3v) is 3.21. The molecule has 0 aliphatic carbocycles. The first-order chi connectivity index (χ1) is 9.43. The molecule has 1 heterocycles. The predicted molar refractivity (Wildman–Crippen MR) is 73.1 cm³/mol. The van der Waals surface area contributed by atoms with E-state index in [4.69, 9.17) is 29.0 Å². The first kappa shape index (κ1) is 14.8. The lowest BCUT2D eigenvalue weighted by atomic mass is 10.1. The van der Waals surface area contributed by atoms with E-state index in [1.807, 2.05) is 0 Å². The number of nitrogens with zero attached hydrogens (tertiary/aromatic N) is 2. The molecule has 0 aliphatic rings. The summed E-state index contributed by atoms with van der Waals surface area (Å²) in [5.74, 6) is 5.11. The summed E-state index contributed by atoms with van der Waals surface area (Å²) >= 11 is 11.9. The predicted octanol–water partition coefficient (Wildman–Crippen LogP) is 3.28. The molecule has 0 radical (unpaired) electrons. The first-order valence-electron chi connectivity index (χ1n) is 5.38. The Morgan fingerprint density at radius 2 is 2.10 bits per heavy atom. The van der Waals surface area contributed by atoms with Crippen molar-refractivity contribution in [3.63, 3.8) is 0 Å². The molecule has 0 bridgehead atoms. The number of anilines is 1. The van der Waals surface area contributed by atoms with Gasteiger partial charge >= 0.3 is 6.61 Å². The van der Waals surface area contributed by atoms with Crippen LogP contribution in [0.3, 0.4) is 0 Å². The molecule has 5 nitrogen and oxygen atoms in total. The van der Waals surface area contributed by atoms with Gasteiger partial charge < -0.3 is 10.2 Å². The standard InChI is InChI=1S/C11H10Cl2F2N4O/c1-19-10(20-11(14)15)8(13)9(18-19)5-2-3-6(12)7(4-5)17-16/h2-4,11,17H,16H2,1H3. The van der Waals surface area contributed by atoms with Gasteiger partial charge in [0.25, 0.3) is 0 Å². The topological polar surface area (TPSA) is 65.1 Å². The molecule has 20 heavy (non-hydrogen) atoms. The van der Waals surface area contributed by atoms with Crippen LogP contribution in [0.4, 0.5) is 14.5 Å². The number of aromatic nitrogens is 2. The van der Waals surface area contributed by atoms with Gasteiger partial charge in [-0.3, -0.25) is 5.84 Å². The highest BCUT2D eigenvalue weighted by atomic mass is 35.5. The molecule has 0 saturated carbocycles. The maximum absolute atomic E-state index is 12.3. The third-order valence-electron chi connectivity index (χ3n) is 2.54. The van der Waals surface area contributed by atoms with E-state index in [2.05, 4.69) is 15.3 Å². The number of nitrogen functional groups attached to an aromatic ring is 1. The minimum Gasteiger partial charge on any atom is -0.416 e. The van der Waals surface area contributed by atoms with Crippen LogP contribution in [0, 0.1) is 0 Å². The highest BCUT2D eigenvalue weighted by molar-refractivity contribution is 6.35. The summed E-state index contributed by atoms with van der Waals surface area (Å²) in [6.07, 6.45) is 0. The summed E-state index contributed by atoms with van der Waals surface area (Å²) in [6, 6.07) is 4.83. The van der Waals surface area contributed by atoms with E-state index < -0.39 is 6.61 Å². The van der Waals surface area contributed by atoms with Crippen molar-refractivity contribution in [1.29, 1.82) is 0 Å². The van der Waals surface area contributed by atoms with Crippen molar-refractivity contribution in [3.8, 4) is 17.1 Å². The molecule has 0 aliphatic heterocycles. The molecule has 0 saturated heterocycles. The lowest BCUT2D eigenvalue weighted by Gasteiger charge is -2.05. The largest absolute Gasteiger partial charge is 0.416 e. The molecule has 0 fully saturated rings. The number of benzene rings is 1. The van der Waals surface area contributed by atoms with Gasteiger partial charge in [0.05, 0.1) is 10.7 Å². The molecular formula is C11H10Cl2F2N4O. The quantitative estimate of drug-likeness (QED) is 0.669. The third kappa shape index (κ3) is 2.79. The lowest BCUT2D eigenvalue weighted by molar-refractivity contribution is -0.0552. The second-order valence-corrected chi connectivity index (χ2v) is 4.59. The summed E-state index contributed by atoms with van der Waals surface area (Å²) in [5.41, 5.74) is 3.73. The Morgan fingerprint density at radius 1 is 1.40 bits per heavy atom. The Bertz CT molecular complexity index is 633. The Balaban J connectivity index is 2.48. The van der Waals surface area contributed by atoms with E-state index in [0.717, 1.165) is 4.68 Å². The van der Waals surface area contributed by atoms with Crippen LogP contribution in [0.2, 0.25) is 10.0 Å². The van der Waals surface area contributed by atoms with Crippen LogP contribution in [0.1, 0.15) is 0 Å². The Morgan fingerprint density at radius 3 is 2.70 bits per heavy atom. The summed E-state index contributed by atoms with van der Waals surface area (Å²) in [6.45, 7) is -2.98. The average molecular weight is 323 g/mol. The SMILES string of the molecule is Cn1nc(-c2ccc(Cl)c(NN)c2)c(Cl)c1OC(F)F. The number of hydrogen-bond donors (Lipinski definition) is 2. The van der Waals surface area contributed by atoms with E-state index in [-0.39, 0.29) is 16.6 Å². The second kappa shape index (κ2) is 5.82. The summed E-state index contributed by atoms with van der Waals surface area (Å²) in [5, 5.41) is 4.45. The maximum atomic E-state index is 12.3. The van der Waals surface area contributed by atoms with Gasteiger partial charge in [0.2, 0.25) is 5.88 Å². The number of hydrazine groups is 1. The van der Waals surface area contributed by atoms with E-state index in [9.17, 15) is 8.78 Å². The molecule has 108 valence electrons. The van der Waals surface area contributed by atoms with E-state index in [1.165, 1.54) is 7.05 Å². The van der Waals surface area contributed by atoms with Crippen LogP contribution >= 0.6 is 23.2 Å². The van der Waals surface area contributed by atoms with Gasteiger partial charge in [-0.1, -0.05) is 29.3 Å². The van der Waals surface area contributed by atoms with Crippen LogP contribution in [0.5, 0.6) is 5.88 Å². The van der Waals surface area contributed by atoms with Gasteiger partial charge in [-0.2, -0.15) is 13.9 Å². The van der Waals surface area contributed by atoms with Crippen LogP contribution < -0.4 is 16.0 Å². The van der Waals surface area contributed by atoms with Gasteiger partial charge in [-0.05, 0) is 12.1 Å². The first-order valence-corrected chi connectivity index (χ1v) is 6.13. The summed E-state index contributed by atoms with van der Waals surface area (Å²) in [7, 11) is 1.45. The Labute approximate surface area is 123 Å². The molecule has 1 aromatic carbocycles. The number of nitrogens with two attached hydrogens (primary N) is 1. The van der Waals surface area contributed by atoms with Crippen LogP contribution in [0.15, 0.2) is 18.2 Å². The molecule has 3 N–H and O–H groups in total. The van der Waals surface area contributed by atoms with Gasteiger partial charge in [0, 0.05) is 12.6 Å². The molecule has 0 amide bonds. The van der Waals surface area contributed by atoms with Crippen molar-refractivity contribution in [1.82, 2.24) is 9.78 Å². The Kier molecular flexibility index (Phi) is 4.32. The molecule has 0 atom stereocenters. The van der Waals surface area contributed by atoms with Crippen molar-refractivity contribution in [3.05, 3.63) is 28.2 Å². The molecule has 2 aromatic rings. The number of hydrogen-bond acceptors (Lipinski definition) is 4. The molecule has 9 heteroatoms. The fourth-order valence-corrected chi connectivity index (χ4v) is 2.15. The van der Waals surface area contributed by atoms with Crippen LogP contribution in [-0.2, 0) is 7.05 Å². The zero-order valence-electron chi connectivity index (χ0n) is 10.2. The molecule has 0 spiro atoms. The fraction of sp³-hybridized carbons (Fsp3) is 0.182.